The summed E-state index contributed by atoms with van der Waals surface area (Å²) in [7, 11) is -3.34. The Balaban J connectivity index is 1.62. The van der Waals surface area contributed by atoms with E-state index in [-0.39, 0.29) is 0 Å². The largest absolute Gasteiger partial charge is 0.329 e. The molecule has 1 fully saturated rings. The van der Waals surface area contributed by atoms with Crippen LogP contribution in [0.5, 0.6) is 0 Å². The Morgan fingerprint density at radius 1 is 1.00 bits per heavy atom. The first-order valence-corrected chi connectivity index (χ1v) is 8.94. The summed E-state index contributed by atoms with van der Waals surface area (Å²) in [5, 5.41) is 0. The molecule has 22 heavy (non-hydrogen) atoms. The van der Waals surface area contributed by atoms with Gasteiger partial charge in [0.05, 0.1) is 31.1 Å². The van der Waals surface area contributed by atoms with Gasteiger partial charge in [-0.3, -0.25) is 0 Å². The van der Waals surface area contributed by atoms with Gasteiger partial charge in [0.15, 0.2) is 12.4 Å². The van der Waals surface area contributed by atoms with Crippen LogP contribution in [0, 0.1) is 0 Å². The zero-order valence-electron chi connectivity index (χ0n) is 12.4. The summed E-state index contributed by atoms with van der Waals surface area (Å²) < 4.78 is 26.7. The Hall–Kier alpha value is -1.76. The van der Waals surface area contributed by atoms with Gasteiger partial charge in [-0.05, 0) is 12.1 Å². The number of sulfonamides is 1. The van der Waals surface area contributed by atoms with Crippen LogP contribution in [0.2, 0.25) is 0 Å². The van der Waals surface area contributed by atoms with E-state index in [0.717, 1.165) is 19.6 Å². The van der Waals surface area contributed by atoms with Crippen molar-refractivity contribution in [2.24, 2.45) is 0 Å². The van der Waals surface area contributed by atoms with Gasteiger partial charge in [0.2, 0.25) is 10.0 Å². The molecule has 2 N–H and O–H groups in total. The summed E-state index contributed by atoms with van der Waals surface area (Å²) in [6.07, 6.45) is 3.84. The average molecular weight is 319 g/mol. The van der Waals surface area contributed by atoms with Crippen molar-refractivity contribution in [2.45, 2.75) is 11.4 Å². The Morgan fingerprint density at radius 2 is 1.64 bits per heavy atom. The number of aromatic nitrogens is 1. The molecule has 116 valence electrons. The van der Waals surface area contributed by atoms with Crippen molar-refractivity contribution >= 4 is 10.0 Å². The second kappa shape index (κ2) is 6.56. The van der Waals surface area contributed by atoms with Crippen LogP contribution in [0.4, 0.5) is 0 Å². The Bertz CT molecular complexity index is 697. The third-order valence-corrected chi connectivity index (χ3v) is 5.96. The number of piperazine rings is 1. The SMILES string of the molecule is O=S(=O)(c1ccccc1)N1CC[NH+](Cc2cc[nH+]cc2)CC1. The molecule has 0 bridgehead atoms. The van der Waals surface area contributed by atoms with E-state index in [0.29, 0.717) is 18.0 Å². The van der Waals surface area contributed by atoms with Crippen molar-refractivity contribution in [3.63, 3.8) is 0 Å². The van der Waals surface area contributed by atoms with Gasteiger partial charge in [-0.15, -0.1) is 0 Å². The standard InChI is InChI=1S/C16H19N3O2S/c20-22(21,16-4-2-1-3-5-16)19-12-10-18(11-13-19)14-15-6-8-17-9-7-15/h1-9H,10-14H2/p+2. The van der Waals surface area contributed by atoms with Crippen LogP contribution >= 0.6 is 0 Å². The third-order valence-electron chi connectivity index (χ3n) is 4.05. The lowest BCUT2D eigenvalue weighted by molar-refractivity contribution is -0.917. The number of nitrogens with zero attached hydrogens (tertiary/aromatic N) is 1. The number of benzene rings is 1. The Labute approximate surface area is 131 Å². The van der Waals surface area contributed by atoms with Crippen molar-refractivity contribution in [3.05, 3.63) is 60.4 Å². The normalized spacial score (nSPS) is 17.5. The van der Waals surface area contributed by atoms with Crippen molar-refractivity contribution in [2.75, 3.05) is 26.2 Å². The molecule has 1 aliphatic rings. The lowest BCUT2D eigenvalue weighted by atomic mass is 10.2. The fraction of sp³-hybridized carbons (Fsp3) is 0.312. The van der Waals surface area contributed by atoms with Crippen molar-refractivity contribution in [1.82, 2.24) is 4.31 Å². The molecule has 1 saturated heterocycles. The number of quaternary nitrogens is 1. The van der Waals surface area contributed by atoms with Crippen LogP contribution in [0.25, 0.3) is 0 Å². The molecular formula is C16H21N3O2S+2. The topological polar surface area (TPSA) is 56.0 Å². The first kappa shape index (κ1) is 15.1. The van der Waals surface area contributed by atoms with E-state index < -0.39 is 10.0 Å². The number of hydrogen-bond donors (Lipinski definition) is 1. The third kappa shape index (κ3) is 3.35. The van der Waals surface area contributed by atoms with Crippen molar-refractivity contribution in [3.8, 4) is 0 Å². The zero-order valence-corrected chi connectivity index (χ0v) is 13.2. The second-order valence-electron chi connectivity index (χ2n) is 5.55. The molecule has 0 aliphatic carbocycles. The molecule has 1 aromatic carbocycles. The molecule has 2 aromatic rings. The fourth-order valence-electron chi connectivity index (χ4n) is 2.79. The van der Waals surface area contributed by atoms with Crippen LogP contribution in [0.15, 0.2) is 59.8 Å². The summed E-state index contributed by atoms with van der Waals surface area (Å²) in [5.41, 5.74) is 1.27. The van der Waals surface area contributed by atoms with Crippen molar-refractivity contribution in [1.29, 1.82) is 0 Å². The first-order valence-electron chi connectivity index (χ1n) is 7.50. The average Bonchev–Trinajstić information content (AvgIpc) is 2.57. The van der Waals surface area contributed by atoms with Gasteiger partial charge in [0.25, 0.3) is 0 Å². The molecular weight excluding hydrogens is 298 g/mol. The predicted molar refractivity (Wildman–Crippen MR) is 82.6 cm³/mol. The van der Waals surface area contributed by atoms with Gasteiger partial charge in [-0.2, -0.15) is 4.31 Å². The van der Waals surface area contributed by atoms with E-state index in [4.69, 9.17) is 0 Å². The Kier molecular flexibility index (Phi) is 4.52. The summed E-state index contributed by atoms with van der Waals surface area (Å²) in [4.78, 5) is 4.83. The van der Waals surface area contributed by atoms with Crippen LogP contribution in [-0.2, 0) is 16.6 Å². The molecule has 0 amide bonds. The zero-order chi connectivity index (χ0) is 15.4. The molecule has 1 aliphatic heterocycles. The van der Waals surface area contributed by atoms with E-state index >= 15 is 0 Å². The molecule has 0 atom stereocenters. The number of aromatic amines is 1. The van der Waals surface area contributed by atoms with Gasteiger partial charge < -0.3 is 4.90 Å². The smallest absolute Gasteiger partial charge is 0.243 e. The van der Waals surface area contributed by atoms with Gasteiger partial charge in [0, 0.05) is 17.7 Å². The van der Waals surface area contributed by atoms with E-state index in [1.807, 2.05) is 18.5 Å². The second-order valence-corrected chi connectivity index (χ2v) is 7.49. The van der Waals surface area contributed by atoms with Gasteiger partial charge in [-0.25, -0.2) is 13.4 Å². The summed E-state index contributed by atoms with van der Waals surface area (Å²) in [5.74, 6) is 0. The quantitative estimate of drug-likeness (QED) is 0.833. The maximum atomic E-state index is 12.6. The number of H-pyrrole nitrogens is 1. The summed E-state index contributed by atoms with van der Waals surface area (Å²) in [6.45, 7) is 3.76. The predicted octanol–water partition coefficient (Wildman–Crippen LogP) is -0.410. The molecule has 0 radical (unpaired) electrons. The van der Waals surface area contributed by atoms with Crippen LogP contribution < -0.4 is 9.88 Å². The number of pyridine rings is 1. The molecule has 0 saturated carbocycles. The highest BCUT2D eigenvalue weighted by Crippen LogP contribution is 2.14. The van der Waals surface area contributed by atoms with E-state index in [1.165, 1.54) is 10.5 Å². The molecule has 0 unspecified atom stereocenters. The molecule has 5 nitrogen and oxygen atoms in total. The lowest BCUT2D eigenvalue weighted by Crippen LogP contribution is -3.13. The highest BCUT2D eigenvalue weighted by molar-refractivity contribution is 7.89. The highest BCUT2D eigenvalue weighted by Gasteiger charge is 2.30. The minimum Gasteiger partial charge on any atom is -0.329 e. The summed E-state index contributed by atoms with van der Waals surface area (Å²) in [6, 6.07) is 12.8. The van der Waals surface area contributed by atoms with Crippen molar-refractivity contribution < 1.29 is 18.3 Å². The highest BCUT2D eigenvalue weighted by atomic mass is 32.2. The lowest BCUT2D eigenvalue weighted by Gasteiger charge is -2.31. The maximum Gasteiger partial charge on any atom is 0.243 e. The molecule has 1 aromatic heterocycles. The Morgan fingerprint density at radius 3 is 2.27 bits per heavy atom. The van der Waals surface area contributed by atoms with Crippen LogP contribution in [0.3, 0.4) is 0 Å². The van der Waals surface area contributed by atoms with E-state index in [9.17, 15) is 8.42 Å². The van der Waals surface area contributed by atoms with Gasteiger partial charge in [-0.1, -0.05) is 18.2 Å². The fourth-order valence-corrected chi connectivity index (χ4v) is 4.25. The van der Waals surface area contributed by atoms with Crippen LogP contribution in [-0.4, -0.2) is 38.9 Å². The van der Waals surface area contributed by atoms with Crippen LogP contribution in [0.1, 0.15) is 5.56 Å². The maximum absolute atomic E-state index is 12.6. The summed E-state index contributed by atoms with van der Waals surface area (Å²) >= 11 is 0. The molecule has 0 spiro atoms. The molecule has 2 heterocycles. The minimum atomic E-state index is -3.34. The number of rotatable bonds is 4. The number of hydrogen-bond acceptors (Lipinski definition) is 2. The molecule has 6 heteroatoms. The van der Waals surface area contributed by atoms with E-state index in [2.05, 4.69) is 17.1 Å². The van der Waals surface area contributed by atoms with E-state index in [1.54, 1.807) is 28.6 Å². The van der Waals surface area contributed by atoms with Gasteiger partial charge in [0.1, 0.15) is 6.54 Å². The van der Waals surface area contributed by atoms with Gasteiger partial charge >= 0.3 is 0 Å². The molecule has 3 rings (SSSR count). The minimum absolute atomic E-state index is 0.386. The number of nitrogens with one attached hydrogen (secondary N) is 2. The monoisotopic (exact) mass is 319 g/mol. The first-order chi connectivity index (χ1) is 10.7.